The maximum atomic E-state index is 9.04. The van der Waals surface area contributed by atoms with Crippen LogP contribution in [0.1, 0.15) is 0 Å². The molecule has 0 radical (unpaired) electrons. The number of fused-ring (bicyclic) bond motifs is 1. The third-order valence-electron chi connectivity index (χ3n) is 3.51. The van der Waals surface area contributed by atoms with Crippen molar-refractivity contribution < 1.29 is 5.11 Å². The van der Waals surface area contributed by atoms with E-state index in [0.717, 1.165) is 18.9 Å². The van der Waals surface area contributed by atoms with E-state index >= 15 is 0 Å². The van der Waals surface area contributed by atoms with Crippen molar-refractivity contribution in [1.29, 1.82) is 0 Å². The van der Waals surface area contributed by atoms with E-state index in [9.17, 15) is 0 Å². The van der Waals surface area contributed by atoms with Crippen molar-refractivity contribution in [2.45, 2.75) is 0 Å². The lowest BCUT2D eigenvalue weighted by atomic mass is 10.3. The van der Waals surface area contributed by atoms with Crippen molar-refractivity contribution in [3.8, 4) is 0 Å². The van der Waals surface area contributed by atoms with E-state index in [4.69, 9.17) is 16.7 Å². The molecular weight excluding hydrogens is 214 g/mol. The van der Waals surface area contributed by atoms with E-state index in [2.05, 4.69) is 14.9 Å². The van der Waals surface area contributed by atoms with Crippen LogP contribution < -0.4 is 4.90 Å². The maximum Gasteiger partial charge on any atom is 0.147 e. The molecule has 2 heterocycles. The van der Waals surface area contributed by atoms with Crippen LogP contribution in [0.5, 0.6) is 0 Å². The number of piperidine rings is 1. The molecule has 1 aromatic heterocycles. The Balaban J connectivity index is 1.69. The second-order valence-corrected chi connectivity index (χ2v) is 4.66. The highest BCUT2D eigenvalue weighted by Crippen LogP contribution is 2.51. The first-order chi connectivity index (χ1) is 7.29. The number of aliphatic hydroxyl groups is 1. The molecule has 2 fully saturated rings. The molecule has 3 atom stereocenters. The molecule has 1 aromatic rings. The van der Waals surface area contributed by atoms with E-state index in [1.54, 1.807) is 12.4 Å². The number of aromatic nitrogens is 2. The van der Waals surface area contributed by atoms with Crippen molar-refractivity contribution in [2.24, 2.45) is 17.8 Å². The molecule has 15 heavy (non-hydrogen) atoms. The molecule has 0 bridgehead atoms. The third-order valence-corrected chi connectivity index (χ3v) is 3.71. The van der Waals surface area contributed by atoms with Gasteiger partial charge in [-0.1, -0.05) is 11.6 Å². The minimum atomic E-state index is 0.329. The van der Waals surface area contributed by atoms with Crippen molar-refractivity contribution in [1.82, 2.24) is 9.97 Å². The average molecular weight is 226 g/mol. The van der Waals surface area contributed by atoms with Crippen LogP contribution in [0.3, 0.4) is 0 Å². The molecule has 4 nitrogen and oxygen atoms in total. The summed E-state index contributed by atoms with van der Waals surface area (Å²) in [5, 5.41) is 9.47. The highest BCUT2D eigenvalue weighted by Gasteiger charge is 2.55. The Bertz CT molecular complexity index is 357. The van der Waals surface area contributed by atoms with E-state index in [1.807, 2.05) is 0 Å². The van der Waals surface area contributed by atoms with Gasteiger partial charge in [-0.05, 0) is 17.8 Å². The standard InChI is InChI=1S/C10H12ClN3O/c11-9-1-13-10(2-12-9)14-3-6-7(4-14)8(6)5-15/h1-2,6-8,15H,3-5H2/t6-,7+,8+. The van der Waals surface area contributed by atoms with Crippen molar-refractivity contribution in [3.63, 3.8) is 0 Å². The normalized spacial score (nSPS) is 32.9. The molecular formula is C10H12ClN3O. The van der Waals surface area contributed by atoms with Gasteiger partial charge in [0.1, 0.15) is 11.0 Å². The first-order valence-electron chi connectivity index (χ1n) is 5.13. The highest BCUT2D eigenvalue weighted by atomic mass is 35.5. The number of anilines is 1. The Labute approximate surface area is 92.9 Å². The van der Waals surface area contributed by atoms with E-state index in [0.29, 0.717) is 29.5 Å². The molecule has 1 N–H and O–H groups in total. The molecule has 1 aliphatic heterocycles. The lowest BCUT2D eigenvalue weighted by molar-refractivity contribution is 0.260. The van der Waals surface area contributed by atoms with Gasteiger partial charge in [0, 0.05) is 19.7 Å². The van der Waals surface area contributed by atoms with Crippen LogP contribution in [0.2, 0.25) is 5.15 Å². The molecule has 0 amide bonds. The zero-order valence-corrected chi connectivity index (χ0v) is 8.93. The lowest BCUT2D eigenvalue weighted by Crippen LogP contribution is -2.25. The zero-order valence-electron chi connectivity index (χ0n) is 8.17. The first-order valence-corrected chi connectivity index (χ1v) is 5.50. The van der Waals surface area contributed by atoms with Gasteiger partial charge in [0.05, 0.1) is 12.4 Å². The summed E-state index contributed by atoms with van der Waals surface area (Å²) in [6.45, 7) is 2.31. The Kier molecular flexibility index (Phi) is 2.07. The van der Waals surface area contributed by atoms with E-state index in [-0.39, 0.29) is 0 Å². The zero-order chi connectivity index (χ0) is 10.4. The minimum absolute atomic E-state index is 0.329. The van der Waals surface area contributed by atoms with Crippen LogP contribution in [0, 0.1) is 17.8 Å². The fraction of sp³-hybridized carbons (Fsp3) is 0.600. The predicted molar refractivity (Wildman–Crippen MR) is 56.8 cm³/mol. The Hall–Kier alpha value is -0.870. The van der Waals surface area contributed by atoms with Gasteiger partial charge >= 0.3 is 0 Å². The molecule has 3 rings (SSSR count). The smallest absolute Gasteiger partial charge is 0.147 e. The fourth-order valence-corrected chi connectivity index (χ4v) is 2.67. The summed E-state index contributed by atoms with van der Waals surface area (Å²) < 4.78 is 0. The van der Waals surface area contributed by atoms with Crippen LogP contribution in [0.4, 0.5) is 5.82 Å². The molecule has 0 unspecified atom stereocenters. The number of halogens is 1. The van der Waals surface area contributed by atoms with Crippen molar-refractivity contribution in [3.05, 3.63) is 17.5 Å². The summed E-state index contributed by atoms with van der Waals surface area (Å²) in [4.78, 5) is 10.5. The van der Waals surface area contributed by atoms with Crippen LogP contribution in [-0.2, 0) is 0 Å². The number of rotatable bonds is 2. The van der Waals surface area contributed by atoms with Gasteiger partial charge in [-0.3, -0.25) is 0 Å². The van der Waals surface area contributed by atoms with Gasteiger partial charge < -0.3 is 10.0 Å². The van der Waals surface area contributed by atoms with Gasteiger partial charge in [-0.25, -0.2) is 9.97 Å². The summed E-state index contributed by atoms with van der Waals surface area (Å²) in [5.41, 5.74) is 0. The van der Waals surface area contributed by atoms with Gasteiger partial charge in [0.25, 0.3) is 0 Å². The Morgan fingerprint density at radius 1 is 1.33 bits per heavy atom. The average Bonchev–Trinajstić information content (AvgIpc) is 2.72. The van der Waals surface area contributed by atoms with Crippen molar-refractivity contribution >= 4 is 17.4 Å². The van der Waals surface area contributed by atoms with E-state index in [1.165, 1.54) is 0 Å². The molecule has 80 valence electrons. The quantitative estimate of drug-likeness (QED) is 0.809. The summed E-state index contributed by atoms with van der Waals surface area (Å²) in [6.07, 6.45) is 3.28. The lowest BCUT2D eigenvalue weighted by Gasteiger charge is -2.19. The van der Waals surface area contributed by atoms with Gasteiger partial charge in [0.2, 0.25) is 0 Å². The van der Waals surface area contributed by atoms with Gasteiger partial charge in [0.15, 0.2) is 0 Å². The molecule has 5 heteroatoms. The van der Waals surface area contributed by atoms with Crippen LogP contribution in [-0.4, -0.2) is 34.8 Å². The van der Waals surface area contributed by atoms with Crippen LogP contribution >= 0.6 is 11.6 Å². The second kappa shape index (κ2) is 3.32. The number of hydrogen-bond donors (Lipinski definition) is 1. The molecule has 1 saturated heterocycles. The van der Waals surface area contributed by atoms with Crippen LogP contribution in [0.25, 0.3) is 0 Å². The highest BCUT2D eigenvalue weighted by molar-refractivity contribution is 6.29. The number of aliphatic hydroxyl groups excluding tert-OH is 1. The van der Waals surface area contributed by atoms with E-state index < -0.39 is 0 Å². The third kappa shape index (κ3) is 1.48. The molecule has 1 aliphatic carbocycles. The fourth-order valence-electron chi connectivity index (χ4n) is 2.58. The first kappa shape index (κ1) is 9.36. The van der Waals surface area contributed by atoms with Crippen molar-refractivity contribution in [2.75, 3.05) is 24.6 Å². The summed E-state index contributed by atoms with van der Waals surface area (Å²) in [7, 11) is 0. The number of hydrogen-bond acceptors (Lipinski definition) is 4. The SMILES string of the molecule is OC[C@@H]1[C@H]2CN(c3cnc(Cl)cn3)C[C@@H]12. The Morgan fingerprint density at radius 2 is 2.07 bits per heavy atom. The summed E-state index contributed by atoms with van der Waals surface area (Å²) in [6, 6.07) is 0. The Morgan fingerprint density at radius 3 is 2.60 bits per heavy atom. The predicted octanol–water partition coefficient (Wildman–Crippen LogP) is 0.804. The number of nitrogens with zero attached hydrogens (tertiary/aromatic N) is 3. The molecule has 0 aromatic carbocycles. The second-order valence-electron chi connectivity index (χ2n) is 4.28. The van der Waals surface area contributed by atoms with Gasteiger partial charge in [-0.2, -0.15) is 0 Å². The topological polar surface area (TPSA) is 49.2 Å². The summed E-state index contributed by atoms with van der Waals surface area (Å²) >= 11 is 5.68. The summed E-state index contributed by atoms with van der Waals surface area (Å²) in [5.74, 6) is 2.74. The molecule has 2 aliphatic rings. The van der Waals surface area contributed by atoms with Crippen LogP contribution in [0.15, 0.2) is 12.4 Å². The maximum absolute atomic E-state index is 9.04. The largest absolute Gasteiger partial charge is 0.396 e. The monoisotopic (exact) mass is 225 g/mol. The van der Waals surface area contributed by atoms with Gasteiger partial charge in [-0.15, -0.1) is 0 Å². The molecule has 0 spiro atoms. The molecule has 1 saturated carbocycles. The minimum Gasteiger partial charge on any atom is -0.396 e.